The van der Waals surface area contributed by atoms with E-state index in [-0.39, 0.29) is 5.24 Å². The van der Waals surface area contributed by atoms with Gasteiger partial charge in [0.05, 0.1) is 0 Å². The van der Waals surface area contributed by atoms with Crippen LogP contribution < -0.4 is 0 Å². The summed E-state index contributed by atoms with van der Waals surface area (Å²) in [4.78, 5) is 10.3. The second kappa shape index (κ2) is 2.88. The van der Waals surface area contributed by atoms with E-state index < -0.39 is 0 Å². The lowest BCUT2D eigenvalue weighted by Crippen LogP contribution is -1.88. The second-order valence-electron chi connectivity index (χ2n) is 1.90. The quantitative estimate of drug-likeness (QED) is 0.395. The molecule has 0 aromatic carbocycles. The number of halogens is 1. The largest absolute Gasteiger partial charge is 0.276 e. The molecule has 0 aromatic heterocycles. The smallest absolute Gasteiger partial charge is 0.247 e. The molecule has 0 spiro atoms. The highest BCUT2D eigenvalue weighted by molar-refractivity contribution is 6.67. The Labute approximate surface area is 54.3 Å². The maximum absolute atomic E-state index is 10.3. The van der Waals surface area contributed by atoms with Gasteiger partial charge in [0.15, 0.2) is 0 Å². The SMILES string of the molecule is CC(C)=C(C)C(=O)Cl. The van der Waals surface area contributed by atoms with E-state index in [4.69, 9.17) is 11.6 Å². The molecule has 0 aliphatic carbocycles. The molecule has 0 aliphatic heterocycles. The van der Waals surface area contributed by atoms with Crippen molar-refractivity contribution in [2.24, 2.45) is 0 Å². The Hall–Kier alpha value is -0.300. The van der Waals surface area contributed by atoms with Crippen molar-refractivity contribution in [2.75, 3.05) is 0 Å². The number of carbonyl (C=O) groups excluding carboxylic acids is 1. The van der Waals surface area contributed by atoms with Crippen LogP contribution in [-0.4, -0.2) is 5.24 Å². The highest BCUT2D eigenvalue weighted by Crippen LogP contribution is 2.04. The van der Waals surface area contributed by atoms with Crippen LogP contribution in [0, 0.1) is 0 Å². The molecule has 8 heavy (non-hydrogen) atoms. The van der Waals surface area contributed by atoms with Gasteiger partial charge in [-0.2, -0.15) is 0 Å². The Kier molecular flexibility index (Phi) is 2.77. The highest BCUT2D eigenvalue weighted by atomic mass is 35.5. The van der Waals surface area contributed by atoms with E-state index in [0.717, 1.165) is 5.57 Å². The Bertz CT molecular complexity index is 131. The monoisotopic (exact) mass is 132 g/mol. The molecule has 46 valence electrons. The number of carbonyl (C=O) groups is 1. The first-order valence-corrected chi connectivity index (χ1v) is 2.77. The predicted octanol–water partition coefficient (Wildman–Crippen LogP) is 2.11. The van der Waals surface area contributed by atoms with Crippen LogP contribution in [0.1, 0.15) is 20.8 Å². The lowest BCUT2D eigenvalue weighted by Gasteiger charge is -1.92. The van der Waals surface area contributed by atoms with Gasteiger partial charge in [-0.1, -0.05) is 5.57 Å². The summed E-state index contributed by atoms with van der Waals surface area (Å²) in [6.45, 7) is 5.43. The van der Waals surface area contributed by atoms with E-state index in [2.05, 4.69) is 0 Å². The predicted molar refractivity (Wildman–Crippen MR) is 34.9 cm³/mol. The van der Waals surface area contributed by atoms with E-state index in [9.17, 15) is 4.79 Å². The summed E-state index contributed by atoms with van der Waals surface area (Å²) in [5.74, 6) is 0. The van der Waals surface area contributed by atoms with Gasteiger partial charge in [-0.25, -0.2) is 0 Å². The molecule has 0 bridgehead atoms. The normalized spacial score (nSPS) is 8.50. The standard InChI is InChI=1S/C6H9ClO/c1-4(2)5(3)6(7)8/h1-3H3. The second-order valence-corrected chi connectivity index (χ2v) is 2.24. The first-order valence-electron chi connectivity index (χ1n) is 2.39. The molecule has 0 aliphatic rings. The summed E-state index contributed by atoms with van der Waals surface area (Å²) in [6.07, 6.45) is 0. The Morgan fingerprint density at radius 1 is 1.25 bits per heavy atom. The molecule has 0 saturated carbocycles. The maximum Gasteiger partial charge on any atom is 0.247 e. The number of hydrogen-bond donors (Lipinski definition) is 0. The van der Waals surface area contributed by atoms with Crippen molar-refractivity contribution < 1.29 is 4.79 Å². The van der Waals surface area contributed by atoms with Crippen LogP contribution in [0.2, 0.25) is 0 Å². The Morgan fingerprint density at radius 3 is 1.62 bits per heavy atom. The van der Waals surface area contributed by atoms with Gasteiger partial charge >= 0.3 is 0 Å². The molecule has 0 N–H and O–H groups in total. The van der Waals surface area contributed by atoms with Crippen LogP contribution in [-0.2, 0) is 4.79 Å². The van der Waals surface area contributed by atoms with Crippen LogP contribution in [0.5, 0.6) is 0 Å². The van der Waals surface area contributed by atoms with Crippen molar-refractivity contribution in [3.05, 3.63) is 11.1 Å². The molecule has 0 radical (unpaired) electrons. The van der Waals surface area contributed by atoms with Crippen LogP contribution in [0.25, 0.3) is 0 Å². The highest BCUT2D eigenvalue weighted by Gasteiger charge is 1.98. The summed E-state index contributed by atoms with van der Waals surface area (Å²) in [5, 5.41) is -0.356. The van der Waals surface area contributed by atoms with Crippen molar-refractivity contribution >= 4 is 16.8 Å². The first kappa shape index (κ1) is 7.70. The summed E-state index contributed by atoms with van der Waals surface area (Å²) in [7, 11) is 0. The summed E-state index contributed by atoms with van der Waals surface area (Å²) in [5.41, 5.74) is 1.62. The third-order valence-electron chi connectivity index (χ3n) is 1.04. The van der Waals surface area contributed by atoms with Crippen molar-refractivity contribution in [3.8, 4) is 0 Å². The van der Waals surface area contributed by atoms with E-state index in [1.54, 1.807) is 6.92 Å². The van der Waals surface area contributed by atoms with E-state index in [1.165, 1.54) is 0 Å². The fourth-order valence-electron chi connectivity index (χ4n) is 0.197. The number of rotatable bonds is 1. The first-order chi connectivity index (χ1) is 3.55. The average molecular weight is 133 g/mol. The van der Waals surface area contributed by atoms with Crippen LogP contribution >= 0.6 is 11.6 Å². The Morgan fingerprint density at radius 2 is 1.62 bits per heavy atom. The molecule has 0 amide bonds. The molecule has 1 nitrogen and oxygen atoms in total. The zero-order valence-electron chi connectivity index (χ0n) is 5.29. The lowest BCUT2D eigenvalue weighted by molar-refractivity contribution is -0.108. The van der Waals surface area contributed by atoms with Gasteiger partial charge in [0.1, 0.15) is 0 Å². The molecular formula is C6H9ClO. The molecule has 2 heteroatoms. The van der Waals surface area contributed by atoms with E-state index in [0.29, 0.717) is 5.57 Å². The van der Waals surface area contributed by atoms with Gasteiger partial charge in [0, 0.05) is 5.57 Å². The summed E-state index contributed by atoms with van der Waals surface area (Å²) in [6, 6.07) is 0. The van der Waals surface area contributed by atoms with Crippen molar-refractivity contribution in [1.82, 2.24) is 0 Å². The third-order valence-corrected chi connectivity index (χ3v) is 1.33. The number of hydrogen-bond acceptors (Lipinski definition) is 1. The maximum atomic E-state index is 10.3. The minimum absolute atomic E-state index is 0.356. The zero-order chi connectivity index (χ0) is 6.73. The third kappa shape index (κ3) is 2.12. The van der Waals surface area contributed by atoms with Gasteiger partial charge < -0.3 is 0 Å². The van der Waals surface area contributed by atoms with Gasteiger partial charge in [0.25, 0.3) is 0 Å². The molecule has 0 saturated heterocycles. The van der Waals surface area contributed by atoms with E-state index in [1.807, 2.05) is 13.8 Å². The van der Waals surface area contributed by atoms with Crippen molar-refractivity contribution in [2.45, 2.75) is 20.8 Å². The fraction of sp³-hybridized carbons (Fsp3) is 0.500. The zero-order valence-corrected chi connectivity index (χ0v) is 6.04. The van der Waals surface area contributed by atoms with Crippen LogP contribution in [0.4, 0.5) is 0 Å². The van der Waals surface area contributed by atoms with Crippen LogP contribution in [0.3, 0.4) is 0 Å². The molecule has 0 atom stereocenters. The fourth-order valence-corrected chi connectivity index (χ4v) is 0.386. The lowest BCUT2D eigenvalue weighted by atomic mass is 10.2. The molecule has 0 fully saturated rings. The van der Waals surface area contributed by atoms with Gasteiger partial charge in [-0.05, 0) is 32.4 Å². The van der Waals surface area contributed by atoms with Crippen LogP contribution in [0.15, 0.2) is 11.1 Å². The average Bonchev–Trinajstić information content (AvgIpc) is 1.64. The molecule has 0 heterocycles. The molecular weight excluding hydrogens is 124 g/mol. The van der Waals surface area contributed by atoms with Crippen molar-refractivity contribution in [1.29, 1.82) is 0 Å². The minimum Gasteiger partial charge on any atom is -0.276 e. The van der Waals surface area contributed by atoms with Gasteiger partial charge in [-0.15, -0.1) is 0 Å². The number of allylic oxidation sites excluding steroid dienone is 2. The van der Waals surface area contributed by atoms with Crippen molar-refractivity contribution in [3.63, 3.8) is 0 Å². The molecule has 0 aromatic rings. The molecule has 0 rings (SSSR count). The Balaban J connectivity index is 4.23. The topological polar surface area (TPSA) is 17.1 Å². The molecule has 0 unspecified atom stereocenters. The summed E-state index contributed by atoms with van der Waals surface area (Å²) >= 11 is 5.13. The minimum atomic E-state index is -0.356. The van der Waals surface area contributed by atoms with E-state index >= 15 is 0 Å². The summed E-state index contributed by atoms with van der Waals surface area (Å²) < 4.78 is 0. The van der Waals surface area contributed by atoms with Gasteiger partial charge in [-0.3, -0.25) is 4.79 Å². The van der Waals surface area contributed by atoms with Gasteiger partial charge in [0.2, 0.25) is 5.24 Å².